The van der Waals surface area contributed by atoms with Gasteiger partial charge in [0.15, 0.2) is 0 Å². The summed E-state index contributed by atoms with van der Waals surface area (Å²) in [7, 11) is 0. The van der Waals surface area contributed by atoms with Gasteiger partial charge >= 0.3 is 0 Å². The van der Waals surface area contributed by atoms with E-state index in [-0.39, 0.29) is 0 Å². The largest absolute Gasteiger partial charge is 0.0651 e. The van der Waals surface area contributed by atoms with Gasteiger partial charge in [-0.1, -0.05) is 294 Å². The molecule has 0 bridgehead atoms. The number of hydrogen-bond acceptors (Lipinski definition) is 0. The van der Waals surface area contributed by atoms with Gasteiger partial charge in [-0.15, -0.1) is 0 Å². The van der Waals surface area contributed by atoms with Gasteiger partial charge in [-0.2, -0.15) is 0 Å². The molecule has 0 nitrogen and oxygen atoms in total. The molecule has 9 aliphatic carbocycles. The lowest BCUT2D eigenvalue weighted by Crippen LogP contribution is -2.13. The van der Waals surface area contributed by atoms with Gasteiger partial charge in [0, 0.05) is 0 Å². The summed E-state index contributed by atoms with van der Waals surface area (Å²) in [5.74, 6) is 13.0. The van der Waals surface area contributed by atoms with E-state index < -0.39 is 0 Å². The van der Waals surface area contributed by atoms with E-state index in [0.29, 0.717) is 16.2 Å². The van der Waals surface area contributed by atoms with Crippen molar-refractivity contribution in [3.8, 4) is 0 Å². The van der Waals surface area contributed by atoms with Gasteiger partial charge in [0.25, 0.3) is 0 Å². The molecular weight excluding hydrogens is 865 g/mol. The van der Waals surface area contributed by atoms with Crippen molar-refractivity contribution in [3.05, 3.63) is 0 Å². The summed E-state index contributed by atoms with van der Waals surface area (Å²) >= 11 is 0. The second-order valence-corrected chi connectivity index (χ2v) is 31.6. The Bertz CT molecular complexity index is 1220. The summed E-state index contributed by atoms with van der Waals surface area (Å²) in [4.78, 5) is 0. The van der Waals surface area contributed by atoms with E-state index in [4.69, 9.17) is 0 Å². The zero-order valence-corrected chi connectivity index (χ0v) is 54.9. The van der Waals surface area contributed by atoms with E-state index in [9.17, 15) is 0 Å². The summed E-state index contributed by atoms with van der Waals surface area (Å²) in [6.07, 6.45) is 45.3. The quantitative estimate of drug-likeness (QED) is 0.263. The molecule has 9 atom stereocenters. The van der Waals surface area contributed by atoms with Crippen LogP contribution < -0.4 is 0 Å². The Morgan fingerprint density at radius 1 is 0.375 bits per heavy atom. The van der Waals surface area contributed by atoms with Crippen molar-refractivity contribution in [3.63, 3.8) is 0 Å². The summed E-state index contributed by atoms with van der Waals surface area (Å²) in [6.45, 7) is 54.4. The lowest BCUT2D eigenvalue weighted by atomic mass is 9.83. The Labute approximate surface area is 460 Å². The molecule has 0 amide bonds. The molecule has 0 heterocycles. The highest BCUT2D eigenvalue weighted by Gasteiger charge is 2.32. The third-order valence-electron chi connectivity index (χ3n) is 23.4. The smallest absolute Gasteiger partial charge is 0.0328 e. The highest BCUT2D eigenvalue weighted by Crippen LogP contribution is 2.44. The lowest BCUT2D eigenvalue weighted by molar-refractivity contribution is 0.281. The molecule has 72 heavy (non-hydrogen) atoms. The van der Waals surface area contributed by atoms with Crippen molar-refractivity contribution in [2.24, 2.45) is 104 Å². The topological polar surface area (TPSA) is 0 Å². The standard InChI is InChI=1S/9C8H16/c1-6-4-7(2)8(3)5-6;1-7-4-5-8(2,3)6-7;2*1-7-5-4-6-8(7,2)3;1-6-4-5-7(2)8(6)3;1-7(2)8-5-3-4-6-8;2*1-3-8(2)6-4-5-7-8;1-3-8-6-4-5-7(8)2/h6-8H,4-5H2,1-3H3;3*7H,4-6H2,1-3H3;6-8H,4-5H2,1-3H3;7-8H,3-6H2,1-2H3;2*3-7H2,1-2H3;7-8H,3-6H2,1-2H3/t;2*7-;;;;;;/m.00....../s1. The van der Waals surface area contributed by atoms with E-state index >= 15 is 0 Å². The van der Waals surface area contributed by atoms with E-state index in [0.717, 1.165) is 87.8 Å². The average Bonchev–Trinajstić information content (AvgIpc) is 4.20. The molecular formula is C72H144. The van der Waals surface area contributed by atoms with Crippen LogP contribution in [0, 0.1) is 104 Å². The molecule has 0 spiro atoms. The van der Waals surface area contributed by atoms with Gasteiger partial charge in [0.1, 0.15) is 0 Å². The van der Waals surface area contributed by atoms with Crippen molar-refractivity contribution < 1.29 is 0 Å². The zero-order chi connectivity index (χ0) is 54.9. The highest BCUT2D eigenvalue weighted by molar-refractivity contribution is 4.84. The van der Waals surface area contributed by atoms with E-state index in [2.05, 4.69) is 159 Å². The second-order valence-electron chi connectivity index (χ2n) is 31.6. The molecule has 0 aromatic rings. The van der Waals surface area contributed by atoms with Gasteiger partial charge in [-0.05, 0) is 168 Å². The van der Waals surface area contributed by atoms with Crippen LogP contribution in [0.15, 0.2) is 0 Å². The molecule has 0 aromatic carbocycles. The molecule has 9 aliphatic rings. The van der Waals surface area contributed by atoms with E-state index in [1.54, 1.807) is 0 Å². The fourth-order valence-electron chi connectivity index (χ4n) is 14.8. The molecule has 7 unspecified atom stereocenters. The summed E-state index contributed by atoms with van der Waals surface area (Å²) in [5.41, 5.74) is 3.44. The Morgan fingerprint density at radius 2 is 0.792 bits per heavy atom. The first-order valence-corrected chi connectivity index (χ1v) is 33.5. The van der Waals surface area contributed by atoms with Crippen LogP contribution in [0.2, 0.25) is 0 Å². The third-order valence-corrected chi connectivity index (χ3v) is 23.4. The van der Waals surface area contributed by atoms with Crippen LogP contribution in [0.1, 0.15) is 358 Å². The first kappa shape index (κ1) is 70.0. The predicted molar refractivity (Wildman–Crippen MR) is 331 cm³/mol. The SMILES string of the molecule is CC(C)C1CCCC1.CC1CC(C)C(C)C1.CC1CCC(C)C1C.CC1CCCC1(C)C.CCC1(C)CCCC1.CCC1(C)CCCC1.CCC1CCCC1C.C[C@H]1CCC(C)(C)C1.C[C@H]1CCCC1(C)C. The molecule has 9 saturated carbocycles. The summed E-state index contributed by atoms with van der Waals surface area (Å²) < 4.78 is 0. The normalized spacial score (nSPS) is 35.1. The van der Waals surface area contributed by atoms with E-state index in [1.807, 2.05) is 0 Å². The Kier molecular flexibility index (Phi) is 33.8. The monoisotopic (exact) mass is 1010 g/mol. The molecule has 0 aliphatic heterocycles. The Morgan fingerprint density at radius 3 is 0.931 bits per heavy atom. The fraction of sp³-hybridized carbons (Fsp3) is 1.00. The van der Waals surface area contributed by atoms with Gasteiger partial charge in [-0.25, -0.2) is 0 Å². The van der Waals surface area contributed by atoms with Crippen LogP contribution in [-0.4, -0.2) is 0 Å². The number of rotatable bonds is 4. The van der Waals surface area contributed by atoms with Crippen molar-refractivity contribution in [1.29, 1.82) is 0 Å². The van der Waals surface area contributed by atoms with Gasteiger partial charge in [0.05, 0.1) is 0 Å². The van der Waals surface area contributed by atoms with Crippen LogP contribution in [0.25, 0.3) is 0 Å². The molecule has 0 heteroatoms. The van der Waals surface area contributed by atoms with Gasteiger partial charge in [0.2, 0.25) is 0 Å². The molecule has 0 N–H and O–H groups in total. The first-order valence-electron chi connectivity index (χ1n) is 33.5. The van der Waals surface area contributed by atoms with Crippen molar-refractivity contribution in [2.45, 2.75) is 358 Å². The molecule has 9 fully saturated rings. The number of hydrogen-bond donors (Lipinski definition) is 0. The molecule has 0 radical (unpaired) electrons. The van der Waals surface area contributed by atoms with Crippen LogP contribution in [0.3, 0.4) is 0 Å². The van der Waals surface area contributed by atoms with Crippen LogP contribution in [-0.2, 0) is 0 Å². The minimum absolute atomic E-state index is 0.653. The second kappa shape index (κ2) is 34.8. The van der Waals surface area contributed by atoms with Crippen LogP contribution in [0.5, 0.6) is 0 Å². The minimum Gasteiger partial charge on any atom is -0.0651 e. The van der Waals surface area contributed by atoms with E-state index in [1.165, 1.54) is 199 Å². The lowest BCUT2D eigenvalue weighted by Gasteiger charge is -2.22. The minimum atomic E-state index is 0.653. The maximum absolute atomic E-state index is 2.42. The third kappa shape index (κ3) is 28.1. The molecule has 0 saturated heterocycles. The molecule has 432 valence electrons. The molecule has 0 aromatic heterocycles. The predicted octanol–water partition coefficient (Wildman–Crippen LogP) is 25.5. The highest BCUT2D eigenvalue weighted by atomic mass is 14.4. The summed E-state index contributed by atoms with van der Waals surface area (Å²) in [6, 6.07) is 0. The van der Waals surface area contributed by atoms with Crippen molar-refractivity contribution >= 4 is 0 Å². The fourth-order valence-corrected chi connectivity index (χ4v) is 14.8. The average molecular weight is 1010 g/mol. The van der Waals surface area contributed by atoms with Gasteiger partial charge < -0.3 is 0 Å². The maximum Gasteiger partial charge on any atom is -0.0328 e. The Hall–Kier alpha value is 0. The maximum atomic E-state index is 2.42. The first-order chi connectivity index (χ1) is 33.5. The van der Waals surface area contributed by atoms with Crippen molar-refractivity contribution in [1.82, 2.24) is 0 Å². The Balaban J connectivity index is 0.000000405. The van der Waals surface area contributed by atoms with Gasteiger partial charge in [-0.3, -0.25) is 0 Å². The molecule has 9 rings (SSSR count). The summed E-state index contributed by atoms with van der Waals surface area (Å²) in [5, 5.41) is 0. The van der Waals surface area contributed by atoms with Crippen molar-refractivity contribution in [2.75, 3.05) is 0 Å². The van der Waals surface area contributed by atoms with Crippen LogP contribution in [0.4, 0.5) is 0 Å². The van der Waals surface area contributed by atoms with Crippen LogP contribution >= 0.6 is 0 Å². The zero-order valence-electron chi connectivity index (χ0n) is 54.9.